The van der Waals surface area contributed by atoms with E-state index >= 15 is 0 Å². The van der Waals surface area contributed by atoms with Crippen molar-refractivity contribution >= 4 is 78.5 Å². The fraction of sp³-hybridized carbons (Fsp3) is 0.0667. The third-order valence-electron chi connectivity index (χ3n) is 10.5. The van der Waals surface area contributed by atoms with Gasteiger partial charge in [0.05, 0.1) is 22.1 Å². The molecule has 1 aliphatic rings. The van der Waals surface area contributed by atoms with Crippen molar-refractivity contribution in [1.29, 1.82) is 0 Å². The number of aromatic nitrogens is 2. The van der Waals surface area contributed by atoms with E-state index in [2.05, 4.69) is 175 Å². The third kappa shape index (κ3) is 4.17. The first-order chi connectivity index (χ1) is 24.1. The molecule has 0 amide bonds. The molecule has 1 aliphatic heterocycles. The first-order valence-corrected chi connectivity index (χ1v) is 17.9. The predicted octanol–water partition coefficient (Wildman–Crippen LogP) is 9.79. The van der Waals surface area contributed by atoms with E-state index in [-0.39, 0.29) is 6.71 Å². The second-order valence-electron chi connectivity index (χ2n) is 13.5. The van der Waals surface area contributed by atoms with E-state index in [1.165, 1.54) is 97.9 Å². The normalized spacial score (nSPS) is 12.7. The zero-order chi connectivity index (χ0) is 32.8. The maximum absolute atomic E-state index is 2.48. The average Bonchev–Trinajstić information content (AvgIpc) is 3.64. The number of nitrogens with zero attached hydrogens (tertiary/aromatic N) is 2. The van der Waals surface area contributed by atoms with Crippen LogP contribution in [0.5, 0.6) is 0 Å². The average molecular weight is 645 g/mol. The van der Waals surface area contributed by atoms with E-state index in [0.29, 0.717) is 0 Å². The zero-order valence-electron chi connectivity index (χ0n) is 27.7. The van der Waals surface area contributed by atoms with E-state index in [0.717, 1.165) is 0 Å². The van der Waals surface area contributed by atoms with Crippen LogP contribution in [0.4, 0.5) is 0 Å². The number of aryl methyl sites for hydroxylation is 3. The third-order valence-corrected chi connectivity index (χ3v) is 11.7. The summed E-state index contributed by atoms with van der Waals surface area (Å²) in [6.45, 7) is 6.96. The summed E-state index contributed by atoms with van der Waals surface area (Å²) in [5.41, 5.74) is 15.5. The molecule has 0 aliphatic carbocycles. The summed E-state index contributed by atoms with van der Waals surface area (Å²) < 4.78 is 4.94. The van der Waals surface area contributed by atoms with Crippen LogP contribution in [-0.2, 0) is 0 Å². The SMILES string of the molecule is Cc1cc(C)c(B2c3ccccc3Sc3cc(-n4c5ccccc5c5c4ccc4c6ccccc6n(-c6ccccc6)c45)ccc32)c(C)c1. The molecule has 0 saturated heterocycles. The van der Waals surface area contributed by atoms with Gasteiger partial charge in [0.2, 0.25) is 6.71 Å². The molecule has 4 heteroatoms. The molecule has 0 radical (unpaired) electrons. The van der Waals surface area contributed by atoms with Crippen molar-refractivity contribution in [2.24, 2.45) is 0 Å². The van der Waals surface area contributed by atoms with E-state index < -0.39 is 0 Å². The zero-order valence-corrected chi connectivity index (χ0v) is 28.6. The minimum Gasteiger partial charge on any atom is -0.309 e. The van der Waals surface area contributed by atoms with Gasteiger partial charge in [0.15, 0.2) is 0 Å². The Morgan fingerprint density at radius 2 is 1.12 bits per heavy atom. The number of benzene rings is 7. The van der Waals surface area contributed by atoms with E-state index in [1.807, 2.05) is 11.8 Å². The van der Waals surface area contributed by atoms with Gasteiger partial charge >= 0.3 is 0 Å². The van der Waals surface area contributed by atoms with Crippen LogP contribution in [0.15, 0.2) is 155 Å². The summed E-state index contributed by atoms with van der Waals surface area (Å²) in [6.07, 6.45) is 0. The highest BCUT2D eigenvalue weighted by molar-refractivity contribution is 8.00. The Labute approximate surface area is 290 Å². The summed E-state index contributed by atoms with van der Waals surface area (Å²) >= 11 is 1.91. The van der Waals surface area contributed by atoms with Crippen LogP contribution < -0.4 is 16.4 Å². The summed E-state index contributed by atoms with van der Waals surface area (Å²) in [7, 11) is 0. The monoisotopic (exact) mass is 644 g/mol. The molecule has 9 aromatic rings. The van der Waals surface area contributed by atoms with Gasteiger partial charge in [-0.05, 0) is 69.3 Å². The highest BCUT2D eigenvalue weighted by atomic mass is 32.2. The van der Waals surface area contributed by atoms with Crippen molar-refractivity contribution in [1.82, 2.24) is 9.13 Å². The molecular weight excluding hydrogens is 611 g/mol. The second-order valence-corrected chi connectivity index (χ2v) is 14.6. The molecule has 3 heterocycles. The molecule has 0 unspecified atom stereocenters. The quantitative estimate of drug-likeness (QED) is 0.174. The largest absolute Gasteiger partial charge is 0.309 e. The van der Waals surface area contributed by atoms with Gasteiger partial charge in [-0.2, -0.15) is 0 Å². The highest BCUT2D eigenvalue weighted by Crippen LogP contribution is 2.42. The predicted molar refractivity (Wildman–Crippen MR) is 211 cm³/mol. The molecule has 0 atom stereocenters. The highest BCUT2D eigenvalue weighted by Gasteiger charge is 2.33. The molecule has 49 heavy (non-hydrogen) atoms. The van der Waals surface area contributed by atoms with E-state index in [9.17, 15) is 0 Å². The molecular formula is C45H33BN2S. The number of para-hydroxylation sites is 3. The van der Waals surface area contributed by atoms with Gasteiger partial charge in [-0.15, -0.1) is 0 Å². The summed E-state index contributed by atoms with van der Waals surface area (Å²) in [5, 5.41) is 5.10. The lowest BCUT2D eigenvalue weighted by Gasteiger charge is -2.29. The van der Waals surface area contributed by atoms with Crippen molar-refractivity contribution in [3.63, 3.8) is 0 Å². The van der Waals surface area contributed by atoms with Gasteiger partial charge in [-0.3, -0.25) is 0 Å². The minimum atomic E-state index is 0.196. The van der Waals surface area contributed by atoms with Crippen molar-refractivity contribution in [2.45, 2.75) is 30.6 Å². The fourth-order valence-corrected chi connectivity index (χ4v) is 9.85. The van der Waals surface area contributed by atoms with Crippen LogP contribution in [-0.4, -0.2) is 15.8 Å². The minimum absolute atomic E-state index is 0.196. The molecule has 2 aromatic heterocycles. The molecule has 0 N–H and O–H groups in total. The van der Waals surface area contributed by atoms with Crippen molar-refractivity contribution in [3.05, 3.63) is 162 Å². The van der Waals surface area contributed by atoms with E-state index in [1.54, 1.807) is 0 Å². The van der Waals surface area contributed by atoms with Crippen LogP contribution in [0, 0.1) is 20.8 Å². The standard InChI is InChI=1S/C45H33BN2S/c1-28-25-29(2)44(30(3)26-28)46-36-17-9-12-20-41(36)49-42-27-32(21-23-37(42)46)47-39-19-11-8-16-35(39)43-40(47)24-22-34-33-15-7-10-18-38(33)48(45(34)43)31-13-5-4-6-14-31/h4-27H,1-3H3. The van der Waals surface area contributed by atoms with Crippen LogP contribution in [0.25, 0.3) is 55.0 Å². The van der Waals surface area contributed by atoms with Crippen LogP contribution in [0.2, 0.25) is 0 Å². The van der Waals surface area contributed by atoms with Gasteiger partial charge in [0.25, 0.3) is 0 Å². The summed E-state index contributed by atoms with van der Waals surface area (Å²) in [6, 6.07) is 54.1. The lowest BCUT2D eigenvalue weighted by molar-refractivity contribution is 1.16. The van der Waals surface area contributed by atoms with Gasteiger partial charge < -0.3 is 9.13 Å². The molecule has 2 nitrogen and oxygen atoms in total. The first kappa shape index (κ1) is 28.6. The lowest BCUT2D eigenvalue weighted by atomic mass is 9.35. The fourth-order valence-electron chi connectivity index (χ4n) is 8.68. The Bertz CT molecular complexity index is 2770. The van der Waals surface area contributed by atoms with Gasteiger partial charge in [0, 0.05) is 42.7 Å². The molecule has 10 rings (SSSR count). The number of hydrogen-bond donors (Lipinski definition) is 0. The summed E-state index contributed by atoms with van der Waals surface area (Å²) in [4.78, 5) is 2.67. The maximum Gasteiger partial charge on any atom is 0.244 e. The smallest absolute Gasteiger partial charge is 0.244 e. The molecule has 0 fully saturated rings. The molecule has 7 aromatic carbocycles. The summed E-state index contributed by atoms with van der Waals surface area (Å²) in [5.74, 6) is 0. The topological polar surface area (TPSA) is 9.86 Å². The van der Waals surface area contributed by atoms with Crippen LogP contribution in [0.3, 0.4) is 0 Å². The van der Waals surface area contributed by atoms with Crippen molar-refractivity contribution in [3.8, 4) is 11.4 Å². The molecule has 0 spiro atoms. The van der Waals surface area contributed by atoms with Gasteiger partial charge in [-0.25, -0.2) is 0 Å². The lowest BCUT2D eigenvalue weighted by Crippen LogP contribution is -2.56. The Balaban J connectivity index is 1.26. The Morgan fingerprint density at radius 1 is 0.469 bits per heavy atom. The van der Waals surface area contributed by atoms with Crippen LogP contribution >= 0.6 is 11.8 Å². The number of hydrogen-bond acceptors (Lipinski definition) is 1. The molecule has 0 bridgehead atoms. The van der Waals surface area contributed by atoms with Crippen molar-refractivity contribution < 1.29 is 0 Å². The molecule has 0 saturated carbocycles. The van der Waals surface area contributed by atoms with Gasteiger partial charge in [-0.1, -0.05) is 142 Å². The van der Waals surface area contributed by atoms with Gasteiger partial charge in [0.1, 0.15) is 0 Å². The van der Waals surface area contributed by atoms with Crippen LogP contribution in [0.1, 0.15) is 16.7 Å². The van der Waals surface area contributed by atoms with Crippen molar-refractivity contribution in [2.75, 3.05) is 0 Å². The maximum atomic E-state index is 2.48. The molecule has 232 valence electrons. The Hall–Kier alpha value is -5.45. The second kappa shape index (κ2) is 10.8. The first-order valence-electron chi connectivity index (χ1n) is 17.1. The Kier molecular flexibility index (Phi) is 6.28. The number of fused-ring (bicyclic) bond motifs is 9. The Morgan fingerprint density at radius 3 is 1.92 bits per heavy atom. The van der Waals surface area contributed by atoms with E-state index in [4.69, 9.17) is 0 Å². The number of rotatable bonds is 3.